The summed E-state index contributed by atoms with van der Waals surface area (Å²) in [6.45, 7) is 4.07. The number of aliphatic carboxylic acids is 1. The van der Waals surface area contributed by atoms with Crippen molar-refractivity contribution in [2.75, 3.05) is 18.0 Å². The van der Waals surface area contributed by atoms with E-state index in [4.69, 9.17) is 0 Å². The molecular weight excluding hydrogens is 396 g/mol. The molecule has 1 aromatic heterocycles. The molecule has 2 aliphatic rings. The molecule has 2 heterocycles. The maximum atomic E-state index is 12.9. The monoisotopic (exact) mass is 420 g/mol. The molecule has 0 unspecified atom stereocenters. The molecule has 0 radical (unpaired) electrons. The van der Waals surface area contributed by atoms with Gasteiger partial charge in [0.25, 0.3) is 10.0 Å². The Morgan fingerprint density at radius 2 is 1.86 bits per heavy atom. The zero-order valence-electron chi connectivity index (χ0n) is 15.7. The molecule has 1 aromatic carbocycles. The van der Waals surface area contributed by atoms with Gasteiger partial charge in [0.15, 0.2) is 0 Å². The topological polar surface area (TPSA) is 86.7 Å². The molecule has 1 aliphatic heterocycles. The fourth-order valence-corrected chi connectivity index (χ4v) is 6.64. The first kappa shape index (κ1) is 19.4. The Morgan fingerprint density at radius 3 is 2.50 bits per heavy atom. The van der Waals surface area contributed by atoms with Gasteiger partial charge in [0.1, 0.15) is 9.75 Å². The van der Waals surface area contributed by atoms with E-state index in [1.807, 2.05) is 36.4 Å². The van der Waals surface area contributed by atoms with Gasteiger partial charge < -0.3 is 10.0 Å². The summed E-state index contributed by atoms with van der Waals surface area (Å²) in [5.41, 5.74) is -0.632. The number of piperidine rings is 1. The molecule has 150 valence electrons. The number of carboxylic acid groups (broad SMARTS) is 1. The number of nitrogens with zero attached hydrogens (tertiary/aromatic N) is 1. The second-order valence-electron chi connectivity index (χ2n) is 7.81. The third-order valence-corrected chi connectivity index (χ3v) is 8.94. The molecular formula is C20H24N2O4S2. The fraction of sp³-hybridized carbons (Fsp3) is 0.450. The Hall–Kier alpha value is -1.90. The van der Waals surface area contributed by atoms with Gasteiger partial charge in [-0.3, -0.25) is 4.79 Å². The van der Waals surface area contributed by atoms with Crippen molar-refractivity contribution in [3.63, 3.8) is 0 Å². The average Bonchev–Trinajstić information content (AvgIpc) is 3.17. The van der Waals surface area contributed by atoms with Crippen LogP contribution in [0.15, 0.2) is 46.7 Å². The molecule has 1 saturated heterocycles. The third kappa shape index (κ3) is 3.56. The van der Waals surface area contributed by atoms with E-state index in [1.54, 1.807) is 6.07 Å². The minimum atomic E-state index is -3.91. The van der Waals surface area contributed by atoms with E-state index in [9.17, 15) is 18.3 Å². The Morgan fingerprint density at radius 1 is 1.18 bits per heavy atom. The lowest BCUT2D eigenvalue weighted by Crippen LogP contribution is -2.44. The molecule has 4 rings (SSSR count). The van der Waals surface area contributed by atoms with E-state index in [2.05, 4.69) is 16.5 Å². The highest BCUT2D eigenvalue weighted by Crippen LogP contribution is 2.52. The molecule has 2 aromatic rings. The van der Waals surface area contributed by atoms with Gasteiger partial charge in [0, 0.05) is 19.0 Å². The van der Waals surface area contributed by atoms with Crippen LogP contribution in [0.2, 0.25) is 0 Å². The van der Waals surface area contributed by atoms with Crippen LogP contribution in [-0.4, -0.2) is 38.1 Å². The zero-order chi connectivity index (χ0) is 19.9. The lowest BCUT2D eigenvalue weighted by atomic mass is 10.00. The van der Waals surface area contributed by atoms with Crippen molar-refractivity contribution >= 4 is 32.3 Å². The maximum absolute atomic E-state index is 12.9. The number of thiophene rings is 1. The number of anilines is 1. The summed E-state index contributed by atoms with van der Waals surface area (Å²) in [5.74, 6) is -0.794. The molecule has 0 bridgehead atoms. The van der Waals surface area contributed by atoms with Gasteiger partial charge in [-0.25, -0.2) is 8.42 Å². The summed E-state index contributed by atoms with van der Waals surface area (Å²) in [5, 5.41) is 10.7. The van der Waals surface area contributed by atoms with E-state index in [0.717, 1.165) is 36.5 Å². The smallest absolute Gasteiger partial charge is 0.325 e. The lowest BCUT2D eigenvalue weighted by Gasteiger charge is -2.30. The van der Waals surface area contributed by atoms with Gasteiger partial charge in [-0.2, -0.15) is 4.72 Å². The predicted molar refractivity (Wildman–Crippen MR) is 109 cm³/mol. The van der Waals surface area contributed by atoms with Crippen LogP contribution >= 0.6 is 11.3 Å². The molecule has 0 amide bonds. The number of rotatable bonds is 6. The van der Waals surface area contributed by atoms with Crippen LogP contribution < -0.4 is 9.62 Å². The molecule has 2 atom stereocenters. The molecule has 1 aliphatic carbocycles. The number of nitrogens with one attached hydrogen (secondary N) is 1. The average molecular weight is 421 g/mol. The second-order valence-corrected chi connectivity index (χ2v) is 10.8. The molecule has 0 spiro atoms. The quantitative estimate of drug-likeness (QED) is 0.749. The summed E-state index contributed by atoms with van der Waals surface area (Å²) in [6.07, 6.45) is 2.45. The molecule has 1 saturated carbocycles. The number of hydrogen-bond acceptors (Lipinski definition) is 5. The summed E-state index contributed by atoms with van der Waals surface area (Å²) in [7, 11) is -3.91. The first-order chi connectivity index (χ1) is 13.3. The minimum absolute atomic E-state index is 0.167. The van der Waals surface area contributed by atoms with E-state index < -0.39 is 21.5 Å². The van der Waals surface area contributed by atoms with E-state index in [-0.39, 0.29) is 16.5 Å². The van der Waals surface area contributed by atoms with Crippen LogP contribution in [0.3, 0.4) is 0 Å². The second kappa shape index (κ2) is 7.17. The van der Waals surface area contributed by atoms with Crippen molar-refractivity contribution in [1.82, 2.24) is 4.72 Å². The van der Waals surface area contributed by atoms with Gasteiger partial charge in [-0.15, -0.1) is 11.3 Å². The predicted octanol–water partition coefficient (Wildman–Crippen LogP) is 3.27. The summed E-state index contributed by atoms with van der Waals surface area (Å²) in [6, 6.07) is 12.6. The number of benzene rings is 1. The standard InChI is InChI=1S/C20H24N2O4S2/c1-14-9-11-22(12-10-14)17-7-8-18(27-17)28(25,26)21-20(19(23)24)13-16(20)15-5-3-2-4-6-15/h2-8,14,16,21H,9-13H2,1H3,(H,23,24)/t16-,20-/m0/s1. The number of carbonyl (C=O) groups is 1. The molecule has 28 heavy (non-hydrogen) atoms. The summed E-state index contributed by atoms with van der Waals surface area (Å²) < 4.78 is 28.5. The van der Waals surface area contributed by atoms with Crippen molar-refractivity contribution in [1.29, 1.82) is 0 Å². The first-order valence-corrected chi connectivity index (χ1v) is 11.8. The highest BCUT2D eigenvalue weighted by Gasteiger charge is 2.63. The SMILES string of the molecule is CC1CCN(c2ccc(S(=O)(=O)N[C@@]3(C(=O)O)C[C@H]3c3ccccc3)s2)CC1. The fourth-order valence-electron chi connectivity index (χ4n) is 3.89. The van der Waals surface area contributed by atoms with Gasteiger partial charge in [0.2, 0.25) is 0 Å². The highest BCUT2D eigenvalue weighted by molar-refractivity contribution is 7.91. The van der Waals surface area contributed by atoms with Crippen molar-refractivity contribution in [3.8, 4) is 0 Å². The first-order valence-electron chi connectivity index (χ1n) is 9.49. The lowest BCUT2D eigenvalue weighted by molar-refractivity contribution is -0.140. The third-order valence-electron chi connectivity index (χ3n) is 5.79. The van der Waals surface area contributed by atoms with Gasteiger partial charge in [-0.05, 0) is 42.9 Å². The largest absolute Gasteiger partial charge is 0.480 e. The van der Waals surface area contributed by atoms with Crippen LogP contribution in [0.1, 0.15) is 37.7 Å². The Balaban J connectivity index is 1.53. The number of sulfonamides is 1. The molecule has 2 fully saturated rings. The Labute approximate surface area is 169 Å². The van der Waals surface area contributed by atoms with Crippen molar-refractivity contribution in [3.05, 3.63) is 48.0 Å². The molecule has 2 N–H and O–H groups in total. The minimum Gasteiger partial charge on any atom is -0.480 e. The van der Waals surface area contributed by atoms with E-state index in [1.165, 1.54) is 11.3 Å². The maximum Gasteiger partial charge on any atom is 0.325 e. The van der Waals surface area contributed by atoms with E-state index >= 15 is 0 Å². The van der Waals surface area contributed by atoms with Gasteiger partial charge in [0.05, 0.1) is 5.00 Å². The highest BCUT2D eigenvalue weighted by atomic mass is 32.2. The van der Waals surface area contributed by atoms with Crippen LogP contribution in [0.25, 0.3) is 0 Å². The summed E-state index contributed by atoms with van der Waals surface area (Å²) in [4.78, 5) is 14.1. The van der Waals surface area contributed by atoms with Crippen molar-refractivity contribution in [2.24, 2.45) is 5.92 Å². The number of hydrogen-bond donors (Lipinski definition) is 2. The van der Waals surface area contributed by atoms with Crippen LogP contribution in [0, 0.1) is 5.92 Å². The van der Waals surface area contributed by atoms with Crippen LogP contribution in [0.5, 0.6) is 0 Å². The Kier molecular flexibility index (Phi) is 4.97. The zero-order valence-corrected chi connectivity index (χ0v) is 17.3. The van der Waals surface area contributed by atoms with Crippen molar-refractivity contribution < 1.29 is 18.3 Å². The molecule has 8 heteroatoms. The van der Waals surface area contributed by atoms with E-state index in [0.29, 0.717) is 5.92 Å². The van der Waals surface area contributed by atoms with Crippen molar-refractivity contribution in [2.45, 2.75) is 41.9 Å². The molecule has 6 nitrogen and oxygen atoms in total. The number of carboxylic acids is 1. The Bertz CT molecular complexity index is 965. The normalized spacial score (nSPS) is 25.6. The van der Waals surface area contributed by atoms with Gasteiger partial charge in [-0.1, -0.05) is 37.3 Å². The van der Waals surface area contributed by atoms with Crippen LogP contribution in [0.4, 0.5) is 5.00 Å². The summed E-state index contributed by atoms with van der Waals surface area (Å²) >= 11 is 1.21. The van der Waals surface area contributed by atoms with Gasteiger partial charge >= 0.3 is 5.97 Å². The van der Waals surface area contributed by atoms with Crippen LogP contribution in [-0.2, 0) is 14.8 Å².